The normalized spacial score (nSPS) is 18.9. The van der Waals surface area contributed by atoms with Crippen LogP contribution in [0.5, 0.6) is 0 Å². The standard InChI is InChI=1S/C13H27N3O2/c1-3-12(11-14)15-6-8-16(9-7-15)13(17)5-10-18-4-2/h12H,3-11,14H2,1-2H3. The van der Waals surface area contributed by atoms with Crippen molar-refractivity contribution in [1.82, 2.24) is 9.80 Å². The summed E-state index contributed by atoms with van der Waals surface area (Å²) >= 11 is 0. The van der Waals surface area contributed by atoms with Crippen LogP contribution in [-0.4, -0.2) is 67.7 Å². The predicted octanol–water partition coefficient (Wildman–Crippen LogP) is 0.295. The molecule has 0 aromatic rings. The minimum Gasteiger partial charge on any atom is -0.381 e. The largest absolute Gasteiger partial charge is 0.381 e. The van der Waals surface area contributed by atoms with Crippen LogP contribution in [-0.2, 0) is 9.53 Å². The van der Waals surface area contributed by atoms with Gasteiger partial charge in [-0.05, 0) is 13.3 Å². The number of nitrogens with two attached hydrogens (primary N) is 1. The molecule has 0 bridgehead atoms. The molecule has 2 N–H and O–H groups in total. The van der Waals surface area contributed by atoms with Crippen molar-refractivity contribution in [3.05, 3.63) is 0 Å². The second kappa shape index (κ2) is 8.45. The van der Waals surface area contributed by atoms with E-state index in [1.54, 1.807) is 0 Å². The van der Waals surface area contributed by atoms with Gasteiger partial charge in [0, 0.05) is 45.4 Å². The molecule has 1 aliphatic heterocycles. The maximum absolute atomic E-state index is 11.9. The topological polar surface area (TPSA) is 58.8 Å². The molecule has 0 aromatic carbocycles. The van der Waals surface area contributed by atoms with E-state index < -0.39 is 0 Å². The highest BCUT2D eigenvalue weighted by molar-refractivity contribution is 5.76. The van der Waals surface area contributed by atoms with Crippen LogP contribution in [0.1, 0.15) is 26.7 Å². The van der Waals surface area contributed by atoms with Gasteiger partial charge in [0.2, 0.25) is 5.91 Å². The number of rotatable bonds is 7. The summed E-state index contributed by atoms with van der Waals surface area (Å²) in [5.74, 6) is 0.212. The molecule has 0 saturated carbocycles. The van der Waals surface area contributed by atoms with Crippen molar-refractivity contribution >= 4 is 5.91 Å². The van der Waals surface area contributed by atoms with Gasteiger partial charge in [0.15, 0.2) is 0 Å². The fraction of sp³-hybridized carbons (Fsp3) is 0.923. The summed E-state index contributed by atoms with van der Waals surface area (Å²) in [7, 11) is 0. The second-order valence-electron chi connectivity index (χ2n) is 4.66. The Kier molecular flexibility index (Phi) is 7.23. The first kappa shape index (κ1) is 15.4. The first-order valence-electron chi connectivity index (χ1n) is 7.02. The number of hydrogen-bond donors (Lipinski definition) is 1. The first-order chi connectivity index (χ1) is 8.72. The lowest BCUT2D eigenvalue weighted by molar-refractivity contribution is -0.134. The molecule has 0 radical (unpaired) electrons. The van der Waals surface area contributed by atoms with Gasteiger partial charge in [-0.1, -0.05) is 6.92 Å². The van der Waals surface area contributed by atoms with E-state index in [2.05, 4.69) is 11.8 Å². The van der Waals surface area contributed by atoms with Gasteiger partial charge >= 0.3 is 0 Å². The van der Waals surface area contributed by atoms with Gasteiger partial charge in [0.1, 0.15) is 0 Å². The average Bonchev–Trinajstić information content (AvgIpc) is 2.41. The number of carbonyl (C=O) groups is 1. The van der Waals surface area contributed by atoms with Gasteiger partial charge in [-0.3, -0.25) is 9.69 Å². The Balaban J connectivity index is 2.27. The molecule has 1 aliphatic rings. The van der Waals surface area contributed by atoms with Crippen molar-refractivity contribution in [2.24, 2.45) is 5.73 Å². The Hall–Kier alpha value is -0.650. The summed E-state index contributed by atoms with van der Waals surface area (Å²) in [6.07, 6.45) is 1.58. The fourth-order valence-electron chi connectivity index (χ4n) is 2.37. The Morgan fingerprint density at radius 1 is 1.28 bits per heavy atom. The molecule has 0 aliphatic carbocycles. The van der Waals surface area contributed by atoms with Gasteiger partial charge in [-0.15, -0.1) is 0 Å². The Morgan fingerprint density at radius 3 is 2.44 bits per heavy atom. The van der Waals surface area contributed by atoms with Crippen LogP contribution in [0.15, 0.2) is 0 Å². The van der Waals surface area contributed by atoms with E-state index in [9.17, 15) is 4.79 Å². The van der Waals surface area contributed by atoms with Crippen molar-refractivity contribution in [1.29, 1.82) is 0 Å². The molecule has 18 heavy (non-hydrogen) atoms. The lowest BCUT2D eigenvalue weighted by atomic mass is 10.1. The van der Waals surface area contributed by atoms with E-state index >= 15 is 0 Å². The second-order valence-corrected chi connectivity index (χ2v) is 4.66. The lowest BCUT2D eigenvalue weighted by Gasteiger charge is -2.38. The van der Waals surface area contributed by atoms with Gasteiger partial charge < -0.3 is 15.4 Å². The molecule has 5 heteroatoms. The molecule has 5 nitrogen and oxygen atoms in total. The molecule has 0 aromatic heterocycles. The molecule has 1 atom stereocenters. The van der Waals surface area contributed by atoms with Crippen LogP contribution in [0, 0.1) is 0 Å². The molecule has 0 spiro atoms. The van der Waals surface area contributed by atoms with E-state index in [0.29, 0.717) is 32.2 Å². The predicted molar refractivity (Wildman–Crippen MR) is 72.4 cm³/mol. The van der Waals surface area contributed by atoms with Crippen LogP contribution in [0.4, 0.5) is 0 Å². The summed E-state index contributed by atoms with van der Waals surface area (Å²) in [5.41, 5.74) is 5.75. The van der Waals surface area contributed by atoms with Gasteiger partial charge in [-0.25, -0.2) is 0 Å². The Bertz CT molecular complexity index is 236. The SMILES string of the molecule is CCOCCC(=O)N1CCN(C(CC)CN)CC1. The fourth-order valence-corrected chi connectivity index (χ4v) is 2.37. The van der Waals surface area contributed by atoms with Crippen LogP contribution in [0.3, 0.4) is 0 Å². The van der Waals surface area contributed by atoms with E-state index in [0.717, 1.165) is 32.6 Å². The number of hydrogen-bond acceptors (Lipinski definition) is 4. The van der Waals surface area contributed by atoms with Crippen LogP contribution in [0.2, 0.25) is 0 Å². The molecule has 1 saturated heterocycles. The number of piperazine rings is 1. The summed E-state index contributed by atoms with van der Waals surface area (Å²) in [6.45, 7) is 9.55. The van der Waals surface area contributed by atoms with Gasteiger partial charge in [-0.2, -0.15) is 0 Å². The van der Waals surface area contributed by atoms with Crippen LogP contribution < -0.4 is 5.73 Å². The molecule has 1 heterocycles. The van der Waals surface area contributed by atoms with Crippen molar-refractivity contribution < 1.29 is 9.53 Å². The van der Waals surface area contributed by atoms with Crippen molar-refractivity contribution in [2.75, 3.05) is 45.9 Å². The molecule has 1 unspecified atom stereocenters. The van der Waals surface area contributed by atoms with E-state index in [1.807, 2.05) is 11.8 Å². The zero-order valence-corrected chi connectivity index (χ0v) is 11.7. The molecular formula is C13H27N3O2. The minimum absolute atomic E-state index is 0.212. The maximum Gasteiger partial charge on any atom is 0.224 e. The van der Waals surface area contributed by atoms with Gasteiger partial charge in [0.25, 0.3) is 0 Å². The van der Waals surface area contributed by atoms with E-state index in [1.165, 1.54) is 0 Å². The molecular weight excluding hydrogens is 230 g/mol. The zero-order valence-electron chi connectivity index (χ0n) is 11.7. The zero-order chi connectivity index (χ0) is 13.4. The summed E-state index contributed by atoms with van der Waals surface area (Å²) in [5, 5.41) is 0. The highest BCUT2D eigenvalue weighted by atomic mass is 16.5. The average molecular weight is 257 g/mol. The minimum atomic E-state index is 0.212. The van der Waals surface area contributed by atoms with Crippen molar-refractivity contribution in [2.45, 2.75) is 32.7 Å². The molecule has 1 rings (SSSR count). The summed E-state index contributed by atoms with van der Waals surface area (Å²) < 4.78 is 5.21. The first-order valence-corrected chi connectivity index (χ1v) is 7.02. The van der Waals surface area contributed by atoms with Crippen LogP contribution >= 0.6 is 0 Å². The van der Waals surface area contributed by atoms with E-state index in [4.69, 9.17) is 10.5 Å². The Morgan fingerprint density at radius 2 is 1.94 bits per heavy atom. The van der Waals surface area contributed by atoms with E-state index in [-0.39, 0.29) is 5.91 Å². The third kappa shape index (κ3) is 4.55. The number of nitrogens with zero attached hydrogens (tertiary/aromatic N) is 2. The van der Waals surface area contributed by atoms with Gasteiger partial charge in [0.05, 0.1) is 13.0 Å². The lowest BCUT2D eigenvalue weighted by Crippen LogP contribution is -2.53. The third-order valence-electron chi connectivity index (χ3n) is 3.59. The summed E-state index contributed by atoms with van der Waals surface area (Å²) in [6, 6.07) is 0.464. The molecule has 106 valence electrons. The smallest absolute Gasteiger partial charge is 0.224 e. The number of amides is 1. The molecule has 1 fully saturated rings. The van der Waals surface area contributed by atoms with Crippen molar-refractivity contribution in [3.63, 3.8) is 0 Å². The van der Waals surface area contributed by atoms with Crippen molar-refractivity contribution in [3.8, 4) is 0 Å². The Labute approximate surface area is 110 Å². The van der Waals surface area contributed by atoms with Crippen LogP contribution in [0.25, 0.3) is 0 Å². The number of ether oxygens (including phenoxy) is 1. The third-order valence-corrected chi connectivity index (χ3v) is 3.59. The molecule has 1 amide bonds. The monoisotopic (exact) mass is 257 g/mol. The number of carbonyl (C=O) groups excluding carboxylic acids is 1. The highest BCUT2D eigenvalue weighted by Gasteiger charge is 2.24. The quantitative estimate of drug-likeness (QED) is 0.666. The maximum atomic E-state index is 11.9. The highest BCUT2D eigenvalue weighted by Crippen LogP contribution is 2.09. The summed E-state index contributed by atoms with van der Waals surface area (Å²) in [4.78, 5) is 16.2.